The minimum absolute atomic E-state index is 0.816. The molecule has 134 heavy (non-hydrogen) atoms. The van der Waals surface area contributed by atoms with Gasteiger partial charge in [0.2, 0.25) is 23.6 Å². The van der Waals surface area contributed by atoms with Crippen LogP contribution in [0.2, 0.25) is 0 Å². The summed E-state index contributed by atoms with van der Waals surface area (Å²) in [7, 11) is 0. The summed E-state index contributed by atoms with van der Waals surface area (Å²) in [5, 5.41) is 356. The third-order valence-corrected chi connectivity index (χ3v) is 24.6. The van der Waals surface area contributed by atoms with Gasteiger partial charge < -0.3 is 279 Å². The Morgan fingerprint density at radius 2 is 0.403 bits per heavy atom. The summed E-state index contributed by atoms with van der Waals surface area (Å²) < 4.78 is 124. The van der Waals surface area contributed by atoms with E-state index in [-0.39, 0.29) is 0 Å². The molecule has 11 aliphatic heterocycles. The number of hydrogen-bond acceptors (Lipinski definition) is 56. The zero-order valence-corrected chi connectivity index (χ0v) is 71.6. The van der Waals surface area contributed by atoms with E-state index < -0.39 is 434 Å². The van der Waals surface area contributed by atoms with Crippen molar-refractivity contribution in [1.29, 1.82) is 0 Å². The molecule has 0 aromatic heterocycles. The van der Waals surface area contributed by atoms with Crippen LogP contribution < -0.4 is 21.3 Å². The van der Waals surface area contributed by atoms with Crippen LogP contribution in [0.3, 0.4) is 0 Å². The van der Waals surface area contributed by atoms with E-state index in [4.69, 9.17) is 99.5 Å². The SMILES string of the molecule is CC(=O)NC1C(O)OC(CO)C(OC2OC(CO)C(OC3OC(COC4OC(CO)C(O)C(O)C4OC4OC(CO)C(OC5OC(CO)C(O)C(OC6OC(CO)C(O)C(O)C6O)C5O)C(O)C4NC(C)=O)C(O)C(OC4OC(CO)C(O)C(O)C4OC4OC(CO)C(OC5OC(CO)C(O)C(OC6OC(CO)C(O)C(O)C6O)C5O)C(O)C4NC(C)=O)C3O)C(O)C2NC(C)=O)C1O. The molecule has 11 fully saturated rings. The standard InChI is InChI=1S/C74H124N4O56/c1-16(89)75-31-42(100)55(26(11-85)115-64(31)113)126-65-32(76-17(2)90)43(101)58(27(12-86)122-65)129-72-54(112)61(132-74-63(49(107)38(96)23(8-82)121-74)134-67-34(78-19(4)92)45(103)57(29(14-88)124-67)128-71-53(111)60(40(98)25(10-84)119-71)131-69-51(109)47(105)36(94)21(6-80)117-69)41(99)30(125-72)15-114-73-62(48(106)37(95)22(7-81)120-73)133-66-33(77-18(3)91)44(102)56(28(13-87)123-66)127-70-52(110)59(39(97)24(9-83)118-70)130-68-50(108)46(104)35(93)20(5-79)116-68/h20-74,79-88,93-113H,5-15H2,1-4H3,(H,75,89)(H,76,90)(H,77,91)(H,78,92). The van der Waals surface area contributed by atoms with Gasteiger partial charge in [-0.2, -0.15) is 0 Å². The lowest BCUT2D eigenvalue weighted by atomic mass is 9.93. The first-order valence-electron chi connectivity index (χ1n) is 42.7. The highest BCUT2D eigenvalue weighted by Gasteiger charge is 2.63. The molecule has 35 N–H and O–H groups in total. The van der Waals surface area contributed by atoms with Crippen molar-refractivity contribution < 1.29 is 277 Å². The zero-order valence-electron chi connectivity index (χ0n) is 71.6. The number of aliphatic hydroxyl groups excluding tert-OH is 31. The van der Waals surface area contributed by atoms with Crippen LogP contribution in [0, 0.1) is 0 Å². The minimum atomic E-state index is -2.66. The second-order valence-electron chi connectivity index (χ2n) is 33.8. The monoisotopic (exact) mass is 1960 g/mol. The van der Waals surface area contributed by atoms with E-state index in [2.05, 4.69) is 21.3 Å². The van der Waals surface area contributed by atoms with E-state index in [0.717, 1.165) is 27.7 Å². The number of aliphatic hydroxyl groups is 31. The molecule has 60 heteroatoms. The second kappa shape index (κ2) is 48.3. The largest absolute Gasteiger partial charge is 0.394 e. The molecular weight excluding hydrogens is 1840 g/mol. The molecule has 0 saturated carbocycles. The summed E-state index contributed by atoms with van der Waals surface area (Å²) in [5.41, 5.74) is 0. The first-order chi connectivity index (χ1) is 63.5. The maximum absolute atomic E-state index is 13.2. The van der Waals surface area contributed by atoms with Crippen LogP contribution >= 0.6 is 0 Å². The van der Waals surface area contributed by atoms with Crippen LogP contribution in [0.25, 0.3) is 0 Å². The molecule has 776 valence electrons. The average molecular weight is 1970 g/mol. The summed E-state index contributed by atoms with van der Waals surface area (Å²) in [4.78, 5) is 51.7. The summed E-state index contributed by atoms with van der Waals surface area (Å²) >= 11 is 0. The van der Waals surface area contributed by atoms with Gasteiger partial charge in [-0.25, -0.2) is 0 Å². The molecule has 0 aromatic rings. The molecular formula is C74H124N4O56. The molecule has 0 spiro atoms. The van der Waals surface area contributed by atoms with Gasteiger partial charge in [0.15, 0.2) is 69.2 Å². The summed E-state index contributed by atoms with van der Waals surface area (Å²) in [6.45, 7) is -8.91. The zero-order chi connectivity index (χ0) is 98.5. The minimum Gasteiger partial charge on any atom is -0.394 e. The molecule has 0 bridgehead atoms. The summed E-state index contributed by atoms with van der Waals surface area (Å²) in [6, 6.07) is -7.79. The van der Waals surface area contributed by atoms with Crippen molar-refractivity contribution in [2.24, 2.45) is 0 Å². The molecule has 0 aliphatic carbocycles. The van der Waals surface area contributed by atoms with Gasteiger partial charge in [-0.3, -0.25) is 19.2 Å². The molecule has 11 rings (SSSR count). The maximum Gasteiger partial charge on any atom is 0.217 e. The highest BCUT2D eigenvalue weighted by molar-refractivity contribution is 5.74. The Morgan fingerprint density at radius 1 is 0.194 bits per heavy atom. The van der Waals surface area contributed by atoms with Crippen molar-refractivity contribution in [2.75, 3.05) is 72.7 Å². The van der Waals surface area contributed by atoms with Gasteiger partial charge in [-0.1, -0.05) is 0 Å². The van der Waals surface area contributed by atoms with E-state index in [0.29, 0.717) is 0 Å². The van der Waals surface area contributed by atoms with Gasteiger partial charge in [-0.05, 0) is 0 Å². The highest BCUT2D eigenvalue weighted by Crippen LogP contribution is 2.42. The lowest BCUT2D eigenvalue weighted by Gasteiger charge is -2.51. The number of ether oxygens (including phenoxy) is 21. The van der Waals surface area contributed by atoms with Crippen molar-refractivity contribution in [3.8, 4) is 0 Å². The molecule has 55 unspecified atom stereocenters. The van der Waals surface area contributed by atoms with Crippen molar-refractivity contribution in [2.45, 2.75) is 365 Å². The van der Waals surface area contributed by atoms with Gasteiger partial charge in [0, 0.05) is 27.7 Å². The highest BCUT2D eigenvalue weighted by atomic mass is 16.8. The van der Waals surface area contributed by atoms with Crippen LogP contribution in [-0.4, -0.2) is 592 Å². The molecule has 60 nitrogen and oxygen atoms in total. The number of carbonyl (C=O) groups is 4. The van der Waals surface area contributed by atoms with Crippen molar-refractivity contribution in [1.82, 2.24) is 21.3 Å². The van der Waals surface area contributed by atoms with Crippen molar-refractivity contribution >= 4 is 23.6 Å². The summed E-state index contributed by atoms with van der Waals surface area (Å²) in [6.07, 6.45) is -109. The Balaban J connectivity index is 0.899. The number of hydrogen-bond donors (Lipinski definition) is 35. The number of nitrogens with one attached hydrogen (secondary N) is 4. The Bertz CT molecular complexity index is 3650. The molecule has 11 aliphatic rings. The van der Waals surface area contributed by atoms with Crippen LogP contribution in [0.15, 0.2) is 0 Å². The maximum atomic E-state index is 13.2. The smallest absolute Gasteiger partial charge is 0.217 e. The molecule has 4 amide bonds. The third-order valence-electron chi connectivity index (χ3n) is 24.6. The Hall–Kier alpha value is -4.20. The van der Waals surface area contributed by atoms with E-state index >= 15 is 0 Å². The quantitative estimate of drug-likeness (QED) is 0.0280. The average Bonchev–Trinajstić information content (AvgIpc) is 0.766. The van der Waals surface area contributed by atoms with Crippen LogP contribution in [-0.2, 0) is 119 Å². The number of amides is 4. The Kier molecular flexibility index (Phi) is 39.7. The fourth-order valence-corrected chi connectivity index (χ4v) is 17.4. The van der Waals surface area contributed by atoms with E-state index in [1.807, 2.05) is 0 Å². The van der Waals surface area contributed by atoms with Gasteiger partial charge in [-0.15, -0.1) is 0 Å². The fraction of sp³-hybridized carbons (Fsp3) is 0.946. The number of rotatable bonds is 35. The first-order valence-corrected chi connectivity index (χ1v) is 42.7. The summed E-state index contributed by atoms with van der Waals surface area (Å²) in [5.74, 6) is -3.84. The lowest BCUT2D eigenvalue weighted by Crippen LogP contribution is -2.71. The lowest BCUT2D eigenvalue weighted by molar-refractivity contribution is -0.400. The molecule has 0 radical (unpaired) electrons. The molecule has 55 atom stereocenters. The number of carbonyl (C=O) groups excluding carboxylic acids is 4. The molecule has 0 aromatic carbocycles. The van der Waals surface area contributed by atoms with Crippen LogP contribution in [0.1, 0.15) is 27.7 Å². The predicted octanol–water partition coefficient (Wildman–Crippen LogP) is -24.4. The topological polar surface area (TPSA) is 937 Å². The van der Waals surface area contributed by atoms with Gasteiger partial charge in [0.25, 0.3) is 0 Å². The van der Waals surface area contributed by atoms with Gasteiger partial charge in [0.05, 0.1) is 72.7 Å². The normalized spacial score (nSPS) is 49.8. The fourth-order valence-electron chi connectivity index (χ4n) is 17.4. The van der Waals surface area contributed by atoms with Gasteiger partial charge in [0.1, 0.15) is 268 Å². The second-order valence-corrected chi connectivity index (χ2v) is 33.8. The predicted molar refractivity (Wildman–Crippen MR) is 409 cm³/mol. The van der Waals surface area contributed by atoms with Crippen LogP contribution in [0.5, 0.6) is 0 Å². The molecule has 11 saturated heterocycles. The third kappa shape index (κ3) is 24.0. The van der Waals surface area contributed by atoms with E-state index in [1.54, 1.807) is 0 Å². The van der Waals surface area contributed by atoms with Gasteiger partial charge >= 0.3 is 0 Å². The Labute approximate surface area is 757 Å². The van der Waals surface area contributed by atoms with Crippen molar-refractivity contribution in [3.63, 3.8) is 0 Å². The van der Waals surface area contributed by atoms with E-state index in [9.17, 15) is 177 Å². The van der Waals surface area contributed by atoms with E-state index in [1.165, 1.54) is 0 Å². The molecule has 11 heterocycles. The Morgan fingerprint density at radius 3 is 0.716 bits per heavy atom. The first kappa shape index (κ1) is 110. The van der Waals surface area contributed by atoms with Crippen molar-refractivity contribution in [3.05, 3.63) is 0 Å². The van der Waals surface area contributed by atoms with Crippen LogP contribution in [0.4, 0.5) is 0 Å².